The molecule has 4 bridgehead atoms. The molecule has 4 saturated carbocycles. The van der Waals surface area contributed by atoms with Gasteiger partial charge in [-0.05, 0) is 98.5 Å². The van der Waals surface area contributed by atoms with Gasteiger partial charge in [-0.3, -0.25) is 4.68 Å². The molecule has 0 saturated heterocycles. The molecule has 4 nitrogen and oxygen atoms in total. The summed E-state index contributed by atoms with van der Waals surface area (Å²) in [5.41, 5.74) is 2.64. The second-order valence-corrected chi connectivity index (χ2v) is 10.2. The third kappa shape index (κ3) is 3.70. The number of nitrogens with one attached hydrogen (secondary N) is 2. The molecule has 29 heavy (non-hydrogen) atoms. The Morgan fingerprint density at radius 2 is 1.69 bits per heavy atom. The van der Waals surface area contributed by atoms with Crippen molar-refractivity contribution in [2.24, 2.45) is 17.8 Å². The summed E-state index contributed by atoms with van der Waals surface area (Å²) < 4.78 is 2.27. The first-order valence-corrected chi connectivity index (χ1v) is 11.7. The van der Waals surface area contributed by atoms with Gasteiger partial charge in [0, 0.05) is 18.0 Å². The van der Waals surface area contributed by atoms with Crippen LogP contribution in [0, 0.1) is 17.8 Å². The maximum Gasteiger partial charge on any atom is 0.176 e. The largest absolute Gasteiger partial charge is 0.332 e. The second-order valence-electron chi connectivity index (χ2n) is 9.80. The minimum Gasteiger partial charge on any atom is -0.332 e. The first-order valence-electron chi connectivity index (χ1n) is 11.3. The van der Waals surface area contributed by atoms with Gasteiger partial charge in [0.1, 0.15) is 0 Å². The van der Waals surface area contributed by atoms with Crippen LogP contribution in [0.4, 0.5) is 11.5 Å². The zero-order valence-electron chi connectivity index (χ0n) is 17.5. The summed E-state index contributed by atoms with van der Waals surface area (Å²) in [5, 5.41) is 12.1. The lowest BCUT2D eigenvalue weighted by Gasteiger charge is -2.56. The van der Waals surface area contributed by atoms with Gasteiger partial charge in [-0.1, -0.05) is 26.0 Å². The van der Waals surface area contributed by atoms with Crippen molar-refractivity contribution in [1.29, 1.82) is 0 Å². The number of benzene rings is 1. The molecule has 0 aliphatic heterocycles. The van der Waals surface area contributed by atoms with Crippen LogP contribution in [0.2, 0.25) is 0 Å². The molecule has 0 spiro atoms. The van der Waals surface area contributed by atoms with Crippen molar-refractivity contribution in [3.63, 3.8) is 0 Å². The molecule has 6 rings (SSSR count). The van der Waals surface area contributed by atoms with Gasteiger partial charge in [-0.2, -0.15) is 5.10 Å². The Balaban J connectivity index is 1.23. The van der Waals surface area contributed by atoms with Crippen LogP contribution in [0.25, 0.3) is 0 Å². The Bertz CT molecular complexity index is 849. The topological polar surface area (TPSA) is 41.9 Å². The number of nitrogens with zero attached hydrogens (tertiary/aromatic N) is 2. The summed E-state index contributed by atoms with van der Waals surface area (Å²) in [6, 6.07) is 10.6. The fraction of sp³-hybridized carbons (Fsp3) is 0.583. The normalized spacial score (nSPS) is 30.9. The SMILES string of the molecule is CCC(C)c1ccc(NC(=S)Nc2ccn(C34CC5CC(CC(C5)C3)C4)n2)cc1. The van der Waals surface area contributed by atoms with E-state index in [2.05, 4.69) is 65.7 Å². The lowest BCUT2D eigenvalue weighted by atomic mass is 9.53. The monoisotopic (exact) mass is 408 g/mol. The van der Waals surface area contributed by atoms with Crippen LogP contribution >= 0.6 is 12.2 Å². The maximum atomic E-state index is 5.53. The smallest absolute Gasteiger partial charge is 0.176 e. The van der Waals surface area contributed by atoms with Gasteiger partial charge in [0.25, 0.3) is 0 Å². The number of hydrogen-bond acceptors (Lipinski definition) is 2. The molecular weight excluding hydrogens is 376 g/mol. The van der Waals surface area contributed by atoms with Gasteiger partial charge in [-0.25, -0.2) is 0 Å². The van der Waals surface area contributed by atoms with Crippen molar-refractivity contribution >= 4 is 28.8 Å². The van der Waals surface area contributed by atoms with Crippen LogP contribution in [-0.4, -0.2) is 14.9 Å². The van der Waals surface area contributed by atoms with Gasteiger partial charge in [-0.15, -0.1) is 0 Å². The highest BCUT2D eigenvalue weighted by molar-refractivity contribution is 7.80. The van der Waals surface area contributed by atoms with Crippen molar-refractivity contribution in [3.05, 3.63) is 42.1 Å². The summed E-state index contributed by atoms with van der Waals surface area (Å²) in [6.07, 6.45) is 11.6. The lowest BCUT2D eigenvalue weighted by molar-refractivity contribution is -0.0492. The Kier molecular flexibility index (Phi) is 4.89. The molecule has 4 fully saturated rings. The summed E-state index contributed by atoms with van der Waals surface area (Å²) in [6.45, 7) is 4.48. The average molecular weight is 409 g/mol. The summed E-state index contributed by atoms with van der Waals surface area (Å²) >= 11 is 5.53. The molecular formula is C24H32N4S. The van der Waals surface area contributed by atoms with Gasteiger partial charge in [0.15, 0.2) is 10.9 Å². The first kappa shape index (κ1) is 19.1. The maximum absolute atomic E-state index is 5.53. The Labute approximate surface area is 179 Å². The van der Waals surface area contributed by atoms with E-state index in [4.69, 9.17) is 17.3 Å². The van der Waals surface area contributed by atoms with Crippen molar-refractivity contribution in [2.45, 2.75) is 70.3 Å². The third-order valence-corrected chi connectivity index (χ3v) is 7.88. The van der Waals surface area contributed by atoms with Crippen molar-refractivity contribution < 1.29 is 0 Å². The average Bonchev–Trinajstić information content (AvgIpc) is 3.16. The molecule has 2 aromatic rings. The zero-order chi connectivity index (χ0) is 20.0. The number of hydrogen-bond donors (Lipinski definition) is 2. The van der Waals surface area contributed by atoms with Crippen LogP contribution in [0.5, 0.6) is 0 Å². The minimum atomic E-state index is 0.259. The molecule has 1 unspecified atom stereocenters. The van der Waals surface area contributed by atoms with Crippen LogP contribution in [0.1, 0.15) is 70.3 Å². The predicted octanol–water partition coefficient (Wildman–Crippen LogP) is 6.13. The summed E-state index contributed by atoms with van der Waals surface area (Å²) in [4.78, 5) is 0. The predicted molar refractivity (Wildman–Crippen MR) is 123 cm³/mol. The van der Waals surface area contributed by atoms with Crippen LogP contribution < -0.4 is 10.6 Å². The quantitative estimate of drug-likeness (QED) is 0.584. The number of aromatic nitrogens is 2. The molecule has 1 atom stereocenters. The molecule has 4 aliphatic carbocycles. The standard InChI is InChI=1S/C24H32N4S/c1-3-16(2)20-4-6-21(7-5-20)25-23(29)26-22-8-9-28(27-22)24-13-17-10-18(14-24)12-19(11-17)15-24/h4-9,16-19H,3,10-15H2,1-2H3,(H2,25,26,27,29). The van der Waals surface area contributed by atoms with Crippen LogP contribution in [0.15, 0.2) is 36.5 Å². The van der Waals surface area contributed by atoms with E-state index in [0.29, 0.717) is 11.0 Å². The van der Waals surface area contributed by atoms with Gasteiger partial charge in [0.2, 0.25) is 0 Å². The van der Waals surface area contributed by atoms with Crippen LogP contribution in [-0.2, 0) is 5.54 Å². The molecule has 2 N–H and O–H groups in total. The van der Waals surface area contributed by atoms with E-state index < -0.39 is 0 Å². The molecule has 154 valence electrons. The molecule has 5 heteroatoms. The van der Waals surface area contributed by atoms with E-state index in [-0.39, 0.29) is 5.54 Å². The highest BCUT2D eigenvalue weighted by atomic mass is 32.1. The van der Waals surface area contributed by atoms with Gasteiger partial charge < -0.3 is 10.6 Å². The van der Waals surface area contributed by atoms with Crippen LogP contribution in [0.3, 0.4) is 0 Å². The number of rotatable bonds is 5. The highest BCUT2D eigenvalue weighted by Crippen LogP contribution is 2.58. The Morgan fingerprint density at radius 3 is 2.28 bits per heavy atom. The highest BCUT2D eigenvalue weighted by Gasteiger charge is 2.52. The summed E-state index contributed by atoms with van der Waals surface area (Å²) in [7, 11) is 0. The van der Waals surface area contributed by atoms with E-state index in [1.54, 1.807) is 0 Å². The number of anilines is 2. The lowest BCUT2D eigenvalue weighted by Crippen LogP contribution is -2.52. The molecule has 1 aromatic carbocycles. The van der Waals surface area contributed by atoms with Crippen molar-refractivity contribution in [3.8, 4) is 0 Å². The Hall–Kier alpha value is -1.88. The van der Waals surface area contributed by atoms with Crippen molar-refractivity contribution in [2.75, 3.05) is 10.6 Å². The molecule has 4 aliphatic rings. The van der Waals surface area contributed by atoms with Crippen molar-refractivity contribution in [1.82, 2.24) is 9.78 Å². The number of thiocarbonyl (C=S) groups is 1. The zero-order valence-corrected chi connectivity index (χ0v) is 18.3. The van der Waals surface area contributed by atoms with E-state index in [1.807, 2.05) is 0 Å². The van der Waals surface area contributed by atoms with Gasteiger partial charge in [0.05, 0.1) is 5.54 Å². The third-order valence-electron chi connectivity index (χ3n) is 7.67. The van der Waals surface area contributed by atoms with Gasteiger partial charge >= 0.3 is 0 Å². The Morgan fingerprint density at radius 1 is 1.07 bits per heavy atom. The van der Waals surface area contributed by atoms with E-state index >= 15 is 0 Å². The van der Waals surface area contributed by atoms with E-state index in [9.17, 15) is 0 Å². The van der Waals surface area contributed by atoms with E-state index in [1.165, 1.54) is 44.1 Å². The minimum absolute atomic E-state index is 0.259. The first-order chi connectivity index (χ1) is 14.0. The fourth-order valence-electron chi connectivity index (χ4n) is 6.41. The fourth-order valence-corrected chi connectivity index (χ4v) is 6.63. The summed E-state index contributed by atoms with van der Waals surface area (Å²) in [5.74, 6) is 4.19. The second kappa shape index (κ2) is 7.42. The molecule has 0 amide bonds. The van der Waals surface area contributed by atoms with E-state index in [0.717, 1.165) is 35.7 Å². The molecule has 1 aromatic heterocycles. The molecule has 0 radical (unpaired) electrons. The molecule has 1 heterocycles.